The highest BCUT2D eigenvalue weighted by Gasteiger charge is 2.38. The van der Waals surface area contributed by atoms with Crippen LogP contribution >= 0.6 is 0 Å². The number of benzene rings is 2. The van der Waals surface area contributed by atoms with Gasteiger partial charge in [0.25, 0.3) is 0 Å². The highest BCUT2D eigenvalue weighted by Crippen LogP contribution is 2.41. The Morgan fingerprint density at radius 2 is 1.84 bits per heavy atom. The molecule has 3 rings (SSSR count). The Labute approximate surface area is 150 Å². The van der Waals surface area contributed by atoms with Crippen molar-refractivity contribution in [2.45, 2.75) is 43.7 Å². The van der Waals surface area contributed by atoms with Gasteiger partial charge >= 0.3 is 0 Å². The van der Waals surface area contributed by atoms with Gasteiger partial charge in [0, 0.05) is 12.6 Å². The van der Waals surface area contributed by atoms with Crippen LogP contribution in [0, 0.1) is 11.3 Å². The molecule has 1 saturated carbocycles. The van der Waals surface area contributed by atoms with E-state index in [2.05, 4.69) is 54.4 Å². The first kappa shape index (κ1) is 17.5. The van der Waals surface area contributed by atoms with E-state index in [1.807, 2.05) is 18.2 Å². The lowest BCUT2D eigenvalue weighted by molar-refractivity contribution is 0.160. The summed E-state index contributed by atoms with van der Waals surface area (Å²) in [7, 11) is 3.87. The van der Waals surface area contributed by atoms with Crippen LogP contribution in [0.2, 0.25) is 0 Å². The first-order chi connectivity index (χ1) is 12.2. The standard InChI is InChI=1S/C22H26N2O/c1-24(16-18-7-4-3-5-8-18)20-11-13-22(17-23,14-12-20)19-9-6-10-21(15-19)25-2/h3-10,15,20H,11-14,16H2,1-2H3. The molecule has 0 N–H and O–H groups in total. The number of hydrogen-bond acceptors (Lipinski definition) is 3. The molecule has 25 heavy (non-hydrogen) atoms. The molecule has 0 radical (unpaired) electrons. The summed E-state index contributed by atoms with van der Waals surface area (Å²) in [6, 6.07) is 21.8. The van der Waals surface area contributed by atoms with E-state index in [0.29, 0.717) is 6.04 Å². The van der Waals surface area contributed by atoms with Gasteiger partial charge in [-0.1, -0.05) is 42.5 Å². The van der Waals surface area contributed by atoms with E-state index in [4.69, 9.17) is 4.74 Å². The molecule has 3 nitrogen and oxygen atoms in total. The Kier molecular flexibility index (Phi) is 5.40. The SMILES string of the molecule is COc1cccc(C2(C#N)CCC(N(C)Cc3ccccc3)CC2)c1. The molecule has 0 unspecified atom stereocenters. The number of hydrogen-bond donors (Lipinski definition) is 0. The van der Waals surface area contributed by atoms with Gasteiger partial charge in [-0.15, -0.1) is 0 Å². The largest absolute Gasteiger partial charge is 0.497 e. The predicted molar refractivity (Wildman–Crippen MR) is 100 cm³/mol. The highest BCUT2D eigenvalue weighted by molar-refractivity contribution is 5.38. The predicted octanol–water partition coefficient (Wildman–Crippen LogP) is 4.53. The van der Waals surface area contributed by atoms with Crippen LogP contribution in [0.1, 0.15) is 36.8 Å². The van der Waals surface area contributed by atoms with E-state index < -0.39 is 0 Å². The van der Waals surface area contributed by atoms with Crippen LogP contribution in [-0.2, 0) is 12.0 Å². The van der Waals surface area contributed by atoms with Crippen LogP contribution in [0.4, 0.5) is 0 Å². The molecule has 0 atom stereocenters. The van der Waals surface area contributed by atoms with Crippen LogP contribution < -0.4 is 4.74 Å². The summed E-state index contributed by atoms with van der Waals surface area (Å²) >= 11 is 0. The van der Waals surface area contributed by atoms with Crippen LogP contribution in [0.3, 0.4) is 0 Å². The van der Waals surface area contributed by atoms with Gasteiger partial charge in [-0.2, -0.15) is 5.26 Å². The van der Waals surface area contributed by atoms with Gasteiger partial charge in [0.15, 0.2) is 0 Å². The molecule has 0 heterocycles. The molecule has 1 aliphatic rings. The molecule has 0 aliphatic heterocycles. The first-order valence-electron chi connectivity index (χ1n) is 8.97. The molecule has 130 valence electrons. The molecular formula is C22H26N2O. The maximum absolute atomic E-state index is 9.91. The van der Waals surface area contributed by atoms with Gasteiger partial charge in [-0.25, -0.2) is 0 Å². The van der Waals surface area contributed by atoms with E-state index in [1.54, 1.807) is 7.11 Å². The topological polar surface area (TPSA) is 36.3 Å². The summed E-state index contributed by atoms with van der Waals surface area (Å²) < 4.78 is 5.34. The van der Waals surface area contributed by atoms with Gasteiger partial charge in [0.05, 0.1) is 18.6 Å². The normalized spacial score (nSPS) is 23.2. The minimum Gasteiger partial charge on any atom is -0.497 e. The van der Waals surface area contributed by atoms with Crippen LogP contribution in [0.25, 0.3) is 0 Å². The minimum atomic E-state index is -0.376. The fourth-order valence-corrected chi connectivity index (χ4v) is 3.92. The van der Waals surface area contributed by atoms with Crippen molar-refractivity contribution in [2.24, 2.45) is 0 Å². The molecule has 1 fully saturated rings. The van der Waals surface area contributed by atoms with Crippen molar-refractivity contribution in [1.82, 2.24) is 4.90 Å². The van der Waals surface area contributed by atoms with Gasteiger partial charge < -0.3 is 4.74 Å². The Bertz CT molecular complexity index is 727. The van der Waals surface area contributed by atoms with Gasteiger partial charge in [0.1, 0.15) is 5.75 Å². The summed E-state index contributed by atoms with van der Waals surface area (Å²) in [4.78, 5) is 2.43. The van der Waals surface area contributed by atoms with Gasteiger partial charge in [-0.3, -0.25) is 4.90 Å². The van der Waals surface area contributed by atoms with E-state index in [-0.39, 0.29) is 5.41 Å². The molecule has 0 bridgehead atoms. The Balaban J connectivity index is 1.67. The maximum Gasteiger partial charge on any atom is 0.119 e. The summed E-state index contributed by atoms with van der Waals surface area (Å²) in [5.74, 6) is 0.829. The zero-order chi connectivity index (χ0) is 17.7. The van der Waals surface area contributed by atoms with Crippen molar-refractivity contribution < 1.29 is 4.74 Å². The zero-order valence-corrected chi connectivity index (χ0v) is 15.1. The molecule has 3 heteroatoms. The molecule has 2 aromatic carbocycles. The minimum absolute atomic E-state index is 0.376. The zero-order valence-electron chi connectivity index (χ0n) is 15.1. The summed E-state index contributed by atoms with van der Waals surface area (Å²) in [5.41, 5.74) is 2.06. The van der Waals surface area contributed by atoms with E-state index in [1.165, 1.54) is 5.56 Å². The van der Waals surface area contributed by atoms with Crippen LogP contribution in [0.15, 0.2) is 54.6 Å². The lowest BCUT2D eigenvalue weighted by atomic mass is 9.69. The average Bonchev–Trinajstić information content (AvgIpc) is 2.69. The number of nitrogens with zero attached hydrogens (tertiary/aromatic N) is 2. The Morgan fingerprint density at radius 3 is 2.48 bits per heavy atom. The maximum atomic E-state index is 9.91. The van der Waals surface area contributed by atoms with Crippen molar-refractivity contribution in [2.75, 3.05) is 14.2 Å². The smallest absolute Gasteiger partial charge is 0.119 e. The van der Waals surface area contributed by atoms with Crippen molar-refractivity contribution in [3.63, 3.8) is 0 Å². The summed E-state index contributed by atoms with van der Waals surface area (Å²) in [6.07, 6.45) is 3.91. The van der Waals surface area contributed by atoms with Crippen molar-refractivity contribution in [1.29, 1.82) is 5.26 Å². The molecule has 0 spiro atoms. The fourth-order valence-electron chi connectivity index (χ4n) is 3.92. The molecule has 0 saturated heterocycles. The number of ether oxygens (including phenoxy) is 1. The summed E-state index contributed by atoms with van der Waals surface area (Å²) in [6.45, 7) is 0.963. The second-order valence-corrected chi connectivity index (χ2v) is 7.06. The van der Waals surface area contributed by atoms with E-state index in [0.717, 1.165) is 43.5 Å². The monoisotopic (exact) mass is 334 g/mol. The van der Waals surface area contributed by atoms with Crippen molar-refractivity contribution in [3.8, 4) is 11.8 Å². The van der Waals surface area contributed by atoms with E-state index in [9.17, 15) is 5.26 Å². The number of nitriles is 1. The van der Waals surface area contributed by atoms with Crippen molar-refractivity contribution >= 4 is 0 Å². The van der Waals surface area contributed by atoms with Crippen LogP contribution in [0.5, 0.6) is 5.75 Å². The highest BCUT2D eigenvalue weighted by atomic mass is 16.5. The average molecular weight is 334 g/mol. The fraction of sp³-hybridized carbons (Fsp3) is 0.409. The quantitative estimate of drug-likeness (QED) is 0.806. The summed E-state index contributed by atoms with van der Waals surface area (Å²) in [5, 5.41) is 9.91. The van der Waals surface area contributed by atoms with Gasteiger partial charge in [0.2, 0.25) is 0 Å². The van der Waals surface area contributed by atoms with E-state index >= 15 is 0 Å². The molecular weight excluding hydrogens is 308 g/mol. The third-order valence-corrected chi connectivity index (χ3v) is 5.54. The van der Waals surface area contributed by atoms with Crippen LogP contribution in [-0.4, -0.2) is 25.1 Å². The Morgan fingerprint density at radius 1 is 1.12 bits per heavy atom. The second kappa shape index (κ2) is 7.72. The third-order valence-electron chi connectivity index (χ3n) is 5.54. The molecule has 2 aromatic rings. The molecule has 1 aliphatic carbocycles. The molecule has 0 aromatic heterocycles. The second-order valence-electron chi connectivity index (χ2n) is 7.06. The molecule has 0 amide bonds. The third kappa shape index (κ3) is 3.86. The lowest BCUT2D eigenvalue weighted by Gasteiger charge is -2.39. The number of methoxy groups -OCH3 is 1. The van der Waals surface area contributed by atoms with Gasteiger partial charge in [-0.05, 0) is 56.0 Å². The Hall–Kier alpha value is -2.31. The number of rotatable bonds is 5. The van der Waals surface area contributed by atoms with Crippen molar-refractivity contribution in [3.05, 3.63) is 65.7 Å². The first-order valence-corrected chi connectivity index (χ1v) is 8.97. The lowest BCUT2D eigenvalue weighted by Crippen LogP contribution is -2.40.